The van der Waals surface area contributed by atoms with E-state index in [0.29, 0.717) is 0 Å². The van der Waals surface area contributed by atoms with Crippen LogP contribution in [-0.2, 0) is 0 Å². The molecule has 0 aliphatic rings. The number of hydrogen-bond donors (Lipinski definition) is 1. The molecular weight excluding hydrogens is 206 g/mol. The number of nitrogens with two attached hydrogens (primary N) is 1. The van der Waals surface area contributed by atoms with Crippen LogP contribution < -0.4 is 5.73 Å². The Morgan fingerprint density at radius 1 is 0.588 bits per heavy atom. The molecule has 0 saturated carbocycles. The molecule has 0 radical (unpaired) electrons. The van der Waals surface area contributed by atoms with Crippen LogP contribution in [0.4, 0.5) is 0 Å². The highest BCUT2D eigenvalue weighted by molar-refractivity contribution is 4.99. The van der Waals surface area contributed by atoms with Gasteiger partial charge in [0, 0.05) is 0 Å². The summed E-state index contributed by atoms with van der Waals surface area (Å²) in [7, 11) is 0. The van der Waals surface area contributed by atoms with Crippen molar-refractivity contribution in [3.05, 3.63) is 36.4 Å². The molecule has 0 amide bonds. The third-order valence-corrected chi connectivity index (χ3v) is 2.72. The van der Waals surface area contributed by atoms with E-state index in [0.717, 1.165) is 6.54 Å². The Labute approximate surface area is 107 Å². The molecule has 0 aromatic heterocycles. The zero-order chi connectivity index (χ0) is 12.6. The lowest BCUT2D eigenvalue weighted by Crippen LogP contribution is -1.97. The quantitative estimate of drug-likeness (QED) is 0.645. The highest BCUT2D eigenvalue weighted by Crippen LogP contribution is 2.07. The van der Waals surface area contributed by atoms with Gasteiger partial charge in [-0.3, -0.25) is 0 Å². The molecule has 0 unspecified atom stereocenters. The molecular formula is C16H29N. The van der Waals surface area contributed by atoms with Gasteiger partial charge in [-0.25, -0.2) is 0 Å². The number of rotatable bonds is 8. The lowest BCUT2D eigenvalue weighted by atomic mass is 10.1. The summed E-state index contributed by atoms with van der Waals surface area (Å²) in [6.07, 6.45) is 11.0. The summed E-state index contributed by atoms with van der Waals surface area (Å²) < 4.78 is 0. The first-order chi connectivity index (χ1) is 8.41. The molecule has 0 fully saturated rings. The molecule has 0 atom stereocenters. The van der Waals surface area contributed by atoms with E-state index in [1.54, 1.807) is 0 Å². The van der Waals surface area contributed by atoms with Gasteiger partial charge in [-0.1, -0.05) is 88.3 Å². The highest BCUT2D eigenvalue weighted by Gasteiger charge is 1.89. The minimum Gasteiger partial charge on any atom is -0.330 e. The van der Waals surface area contributed by atoms with Crippen molar-refractivity contribution in [2.45, 2.75) is 58.3 Å². The molecule has 1 heteroatoms. The van der Waals surface area contributed by atoms with Gasteiger partial charge in [-0.05, 0) is 13.0 Å². The molecule has 0 aliphatic heterocycles. The van der Waals surface area contributed by atoms with Crippen LogP contribution in [0.15, 0.2) is 36.4 Å². The van der Waals surface area contributed by atoms with Crippen molar-refractivity contribution in [2.24, 2.45) is 5.73 Å². The van der Waals surface area contributed by atoms with E-state index in [2.05, 4.69) is 6.92 Å². The minimum atomic E-state index is 0.870. The lowest BCUT2D eigenvalue weighted by molar-refractivity contribution is 0.578. The molecule has 1 aromatic rings. The van der Waals surface area contributed by atoms with Crippen molar-refractivity contribution in [2.75, 3.05) is 6.54 Å². The second-order valence-electron chi connectivity index (χ2n) is 4.42. The molecule has 0 aliphatic carbocycles. The van der Waals surface area contributed by atoms with Crippen LogP contribution in [-0.4, -0.2) is 6.54 Å². The van der Waals surface area contributed by atoms with Crippen LogP contribution in [0.5, 0.6) is 0 Å². The smallest absolute Gasteiger partial charge is 0.00773 e. The van der Waals surface area contributed by atoms with E-state index in [1.807, 2.05) is 36.4 Å². The largest absolute Gasteiger partial charge is 0.330 e. The van der Waals surface area contributed by atoms with Gasteiger partial charge < -0.3 is 5.73 Å². The fraction of sp³-hybridized carbons (Fsp3) is 0.625. The summed E-state index contributed by atoms with van der Waals surface area (Å²) in [4.78, 5) is 0. The van der Waals surface area contributed by atoms with E-state index in [4.69, 9.17) is 5.73 Å². The third-order valence-electron chi connectivity index (χ3n) is 2.72. The molecule has 1 aromatic carbocycles. The molecule has 1 nitrogen and oxygen atoms in total. The van der Waals surface area contributed by atoms with Crippen molar-refractivity contribution >= 4 is 0 Å². The third kappa shape index (κ3) is 15.2. The van der Waals surface area contributed by atoms with Crippen molar-refractivity contribution in [3.8, 4) is 0 Å². The van der Waals surface area contributed by atoms with Gasteiger partial charge in [0.25, 0.3) is 0 Å². The van der Waals surface area contributed by atoms with Crippen LogP contribution in [0.2, 0.25) is 0 Å². The van der Waals surface area contributed by atoms with E-state index < -0.39 is 0 Å². The molecule has 17 heavy (non-hydrogen) atoms. The van der Waals surface area contributed by atoms with Crippen molar-refractivity contribution in [1.29, 1.82) is 0 Å². The van der Waals surface area contributed by atoms with Gasteiger partial charge >= 0.3 is 0 Å². The zero-order valence-corrected chi connectivity index (χ0v) is 11.4. The average Bonchev–Trinajstić information content (AvgIpc) is 2.41. The fourth-order valence-electron chi connectivity index (χ4n) is 1.66. The predicted molar refractivity (Wildman–Crippen MR) is 78.1 cm³/mol. The van der Waals surface area contributed by atoms with Gasteiger partial charge in [0.05, 0.1) is 0 Å². The zero-order valence-electron chi connectivity index (χ0n) is 11.4. The standard InChI is InChI=1S/C10H23N.C6H6/c1-2-3-4-5-6-7-8-9-10-11;1-2-4-6-5-3-1/h2-11H2,1H3;1-6H. The molecule has 0 bridgehead atoms. The molecule has 2 N–H and O–H groups in total. The van der Waals surface area contributed by atoms with Gasteiger partial charge in [-0.15, -0.1) is 0 Å². The Morgan fingerprint density at radius 2 is 0.941 bits per heavy atom. The Hall–Kier alpha value is -0.820. The molecule has 0 saturated heterocycles. The summed E-state index contributed by atoms with van der Waals surface area (Å²) in [5.41, 5.74) is 5.39. The monoisotopic (exact) mass is 235 g/mol. The maximum Gasteiger partial charge on any atom is -0.00773 e. The first-order valence-electron chi connectivity index (χ1n) is 7.12. The normalized spacial score (nSPS) is 9.53. The topological polar surface area (TPSA) is 26.0 Å². The molecule has 0 spiro atoms. The minimum absolute atomic E-state index is 0.870. The van der Waals surface area contributed by atoms with E-state index in [1.165, 1.54) is 51.4 Å². The summed E-state index contributed by atoms with van der Waals surface area (Å²) in [5, 5.41) is 0. The molecule has 1 rings (SSSR count). The lowest BCUT2D eigenvalue weighted by Gasteiger charge is -1.99. The maximum atomic E-state index is 5.39. The van der Waals surface area contributed by atoms with Gasteiger partial charge in [0.2, 0.25) is 0 Å². The second kappa shape index (κ2) is 15.2. The van der Waals surface area contributed by atoms with Gasteiger partial charge in [-0.2, -0.15) is 0 Å². The number of benzene rings is 1. The number of hydrogen-bond acceptors (Lipinski definition) is 1. The van der Waals surface area contributed by atoms with E-state index >= 15 is 0 Å². The maximum absolute atomic E-state index is 5.39. The molecule has 98 valence electrons. The van der Waals surface area contributed by atoms with Crippen LogP contribution in [0.3, 0.4) is 0 Å². The van der Waals surface area contributed by atoms with Crippen LogP contribution in [0, 0.1) is 0 Å². The summed E-state index contributed by atoms with van der Waals surface area (Å²) in [5.74, 6) is 0. The van der Waals surface area contributed by atoms with Crippen molar-refractivity contribution < 1.29 is 0 Å². The van der Waals surface area contributed by atoms with Crippen LogP contribution >= 0.6 is 0 Å². The summed E-state index contributed by atoms with van der Waals surface area (Å²) in [6, 6.07) is 12.0. The summed E-state index contributed by atoms with van der Waals surface area (Å²) in [6.45, 7) is 3.13. The summed E-state index contributed by atoms with van der Waals surface area (Å²) >= 11 is 0. The SMILES string of the molecule is CCCCCCCCCCN.c1ccccc1. The average molecular weight is 235 g/mol. The Kier molecular flexibility index (Phi) is 14.4. The second-order valence-corrected chi connectivity index (χ2v) is 4.42. The van der Waals surface area contributed by atoms with Gasteiger partial charge in [0.1, 0.15) is 0 Å². The Morgan fingerprint density at radius 3 is 1.29 bits per heavy atom. The van der Waals surface area contributed by atoms with Crippen LogP contribution in [0.25, 0.3) is 0 Å². The predicted octanol–water partition coefficient (Wildman–Crippen LogP) is 4.77. The van der Waals surface area contributed by atoms with E-state index in [-0.39, 0.29) is 0 Å². The Balaban J connectivity index is 0.000000354. The van der Waals surface area contributed by atoms with E-state index in [9.17, 15) is 0 Å². The van der Waals surface area contributed by atoms with Crippen LogP contribution in [0.1, 0.15) is 58.3 Å². The molecule has 0 heterocycles. The number of unbranched alkanes of at least 4 members (excludes halogenated alkanes) is 7. The van der Waals surface area contributed by atoms with Gasteiger partial charge in [0.15, 0.2) is 0 Å². The first-order valence-corrected chi connectivity index (χ1v) is 7.12. The highest BCUT2D eigenvalue weighted by atomic mass is 14.5. The Bertz CT molecular complexity index is 173. The first kappa shape index (κ1) is 16.2. The van der Waals surface area contributed by atoms with Crippen molar-refractivity contribution in [1.82, 2.24) is 0 Å². The van der Waals surface area contributed by atoms with Crippen molar-refractivity contribution in [3.63, 3.8) is 0 Å². The fourth-order valence-corrected chi connectivity index (χ4v) is 1.66.